The minimum Gasteiger partial charge on any atom is -0.466 e. The molecule has 2 N–H and O–H groups in total. The van der Waals surface area contributed by atoms with E-state index >= 15 is 0 Å². The molecule has 34 heavy (non-hydrogen) atoms. The third-order valence-corrected chi connectivity index (χ3v) is 6.24. The summed E-state index contributed by atoms with van der Waals surface area (Å²) in [6, 6.07) is 9.44. The maximum absolute atomic E-state index is 13.3. The van der Waals surface area contributed by atoms with Gasteiger partial charge in [-0.3, -0.25) is 10.2 Å². The lowest BCUT2D eigenvalue weighted by Gasteiger charge is -2.22. The Bertz CT molecular complexity index is 1210. The van der Waals surface area contributed by atoms with Crippen LogP contribution in [0.25, 0.3) is 10.8 Å². The molecule has 0 unspecified atom stereocenters. The van der Waals surface area contributed by atoms with E-state index in [1.807, 2.05) is 0 Å². The molecule has 0 aromatic heterocycles. The molecule has 2 amide bonds. The van der Waals surface area contributed by atoms with Gasteiger partial charge in [0.05, 0.1) is 18.6 Å². The Labute approximate surface area is 202 Å². The molecule has 0 saturated carbocycles. The van der Waals surface area contributed by atoms with Crippen molar-refractivity contribution < 1.29 is 32.3 Å². The van der Waals surface area contributed by atoms with E-state index < -0.39 is 40.1 Å². The minimum absolute atomic E-state index is 0.0679. The number of hydrogen-bond acceptors (Lipinski definition) is 7. The zero-order chi connectivity index (χ0) is 25.5. The van der Waals surface area contributed by atoms with E-state index in [2.05, 4.69) is 15.6 Å². The number of carbonyl (C=O) groups excluding carboxylic acids is 3. The summed E-state index contributed by atoms with van der Waals surface area (Å²) in [6.07, 6.45) is 1.38. The van der Waals surface area contributed by atoms with E-state index in [0.29, 0.717) is 10.4 Å². The molecule has 0 aliphatic carbocycles. The van der Waals surface area contributed by atoms with Crippen LogP contribution >= 0.6 is 11.6 Å². The first-order valence-corrected chi connectivity index (χ1v) is 11.9. The van der Waals surface area contributed by atoms with Crippen molar-refractivity contribution in [3.63, 3.8) is 0 Å². The number of nitrogens with one attached hydrogen (secondary N) is 2. The van der Waals surface area contributed by atoms with Crippen LogP contribution < -0.4 is 10.9 Å². The number of esters is 1. The molecule has 0 bridgehead atoms. The molecule has 0 radical (unpaired) electrons. The van der Waals surface area contributed by atoms with Gasteiger partial charge in [-0.25, -0.2) is 23.4 Å². The molecule has 0 aliphatic heterocycles. The van der Waals surface area contributed by atoms with Gasteiger partial charge in [0.25, 0.3) is 5.91 Å². The number of benzene rings is 2. The molecule has 0 aliphatic rings. The molecule has 2 rings (SSSR count). The highest BCUT2D eigenvalue weighted by Crippen LogP contribution is 2.24. The summed E-state index contributed by atoms with van der Waals surface area (Å²) < 4.78 is 37.0. The summed E-state index contributed by atoms with van der Waals surface area (Å²) >= 11 is 5.98. The number of methoxy groups -OCH3 is 1. The summed E-state index contributed by atoms with van der Waals surface area (Å²) in [4.78, 5) is 35.4. The quantitative estimate of drug-likeness (QED) is 0.332. The van der Waals surface area contributed by atoms with Gasteiger partial charge < -0.3 is 9.47 Å². The second kappa shape index (κ2) is 11.3. The van der Waals surface area contributed by atoms with Gasteiger partial charge in [-0.2, -0.15) is 4.31 Å². The highest BCUT2D eigenvalue weighted by Gasteiger charge is 2.27. The van der Waals surface area contributed by atoms with Crippen LogP contribution in [0, 0.1) is 0 Å². The van der Waals surface area contributed by atoms with Crippen LogP contribution in [-0.4, -0.2) is 56.5 Å². The molecule has 0 atom stereocenters. The van der Waals surface area contributed by atoms with E-state index in [1.165, 1.54) is 25.3 Å². The van der Waals surface area contributed by atoms with Gasteiger partial charge in [0, 0.05) is 17.6 Å². The zero-order valence-electron chi connectivity index (χ0n) is 19.1. The maximum atomic E-state index is 13.3. The molecule has 2 aromatic carbocycles. The van der Waals surface area contributed by atoms with Crippen LogP contribution in [0.3, 0.4) is 0 Å². The molecular weight excluding hydrogens is 486 g/mol. The summed E-state index contributed by atoms with van der Waals surface area (Å²) in [7, 11) is -3.00. The molecule has 12 heteroatoms. The van der Waals surface area contributed by atoms with Crippen LogP contribution in [0.2, 0.25) is 5.02 Å². The lowest BCUT2D eigenvalue weighted by Crippen LogP contribution is -2.49. The van der Waals surface area contributed by atoms with Crippen LogP contribution in [0.5, 0.6) is 0 Å². The van der Waals surface area contributed by atoms with Crippen LogP contribution in [-0.2, 0) is 29.1 Å². The van der Waals surface area contributed by atoms with Crippen molar-refractivity contribution in [2.75, 3.05) is 20.2 Å². The number of nitrogens with zero attached hydrogens (tertiary/aromatic N) is 1. The van der Waals surface area contributed by atoms with Gasteiger partial charge >= 0.3 is 12.1 Å². The fourth-order valence-electron chi connectivity index (χ4n) is 2.71. The normalized spacial score (nSPS) is 12.1. The lowest BCUT2D eigenvalue weighted by atomic mass is 10.1. The third-order valence-electron chi connectivity index (χ3n) is 4.20. The van der Waals surface area contributed by atoms with Crippen molar-refractivity contribution >= 4 is 50.4 Å². The summed E-state index contributed by atoms with van der Waals surface area (Å²) in [5, 5.41) is 1.88. The molecule has 184 valence electrons. The first kappa shape index (κ1) is 27.1. The Hall–Kier alpha value is -3.15. The van der Waals surface area contributed by atoms with Crippen molar-refractivity contribution in [1.29, 1.82) is 0 Å². The number of amides is 2. The molecule has 0 heterocycles. The van der Waals surface area contributed by atoms with Gasteiger partial charge in [-0.05, 0) is 55.8 Å². The molecule has 0 spiro atoms. The minimum atomic E-state index is -4.18. The van der Waals surface area contributed by atoms with E-state index in [0.717, 1.165) is 15.8 Å². The highest BCUT2D eigenvalue weighted by atomic mass is 35.5. The number of halogens is 1. The smallest absolute Gasteiger partial charge is 0.426 e. The topological polar surface area (TPSA) is 131 Å². The second-order valence-electron chi connectivity index (χ2n) is 8.05. The predicted octanol–water partition coefficient (Wildman–Crippen LogP) is 2.77. The van der Waals surface area contributed by atoms with E-state index in [-0.39, 0.29) is 11.4 Å². The van der Waals surface area contributed by atoms with Crippen LogP contribution in [0.1, 0.15) is 20.8 Å². The van der Waals surface area contributed by atoms with Gasteiger partial charge in [0.15, 0.2) is 0 Å². The second-order valence-corrected chi connectivity index (χ2v) is 10.4. The first-order chi connectivity index (χ1) is 15.8. The van der Waals surface area contributed by atoms with Gasteiger partial charge in [-0.1, -0.05) is 29.8 Å². The Morgan fingerprint density at radius 2 is 1.71 bits per heavy atom. The third kappa shape index (κ3) is 8.01. The molecule has 2 aromatic rings. The summed E-state index contributed by atoms with van der Waals surface area (Å²) in [5.41, 5.74) is 3.38. The Morgan fingerprint density at radius 3 is 2.35 bits per heavy atom. The van der Waals surface area contributed by atoms with E-state index in [4.69, 9.17) is 16.3 Å². The van der Waals surface area contributed by atoms with Gasteiger partial charge in [0.2, 0.25) is 10.0 Å². The van der Waals surface area contributed by atoms with Crippen LogP contribution in [0.15, 0.2) is 53.4 Å². The van der Waals surface area contributed by atoms with Crippen molar-refractivity contribution in [2.45, 2.75) is 31.3 Å². The Kier molecular flexibility index (Phi) is 9.02. The van der Waals surface area contributed by atoms with E-state index in [1.54, 1.807) is 45.0 Å². The SMILES string of the molecule is COC(=O)/C=C/CN(CC(=O)NNC(=O)OC(C)(C)C)S(=O)(=O)c1ccc2cc(Cl)ccc2c1. The number of sulfonamides is 1. The van der Waals surface area contributed by atoms with Crippen LogP contribution in [0.4, 0.5) is 4.79 Å². The van der Waals surface area contributed by atoms with Crippen molar-refractivity contribution in [1.82, 2.24) is 15.2 Å². The standard InChI is InChI=1S/C22H26ClN3O7S/c1-22(2,3)33-21(29)25-24-19(27)14-26(11-5-6-20(28)32-4)34(30,31)18-10-8-15-12-17(23)9-7-16(15)13-18/h5-10,12-13H,11,14H2,1-4H3,(H,24,27)(H,25,29)/b6-5+. The Morgan fingerprint density at radius 1 is 1.06 bits per heavy atom. The average Bonchev–Trinajstić information content (AvgIpc) is 2.75. The number of carbonyl (C=O) groups is 3. The number of ether oxygens (including phenoxy) is 2. The van der Waals surface area contributed by atoms with Crippen molar-refractivity contribution in [3.8, 4) is 0 Å². The Balaban J connectivity index is 2.25. The summed E-state index contributed by atoms with van der Waals surface area (Å²) in [5.74, 6) is -1.51. The monoisotopic (exact) mass is 511 g/mol. The van der Waals surface area contributed by atoms with Crippen molar-refractivity contribution in [2.24, 2.45) is 0 Å². The maximum Gasteiger partial charge on any atom is 0.426 e. The fraction of sp³-hybridized carbons (Fsp3) is 0.318. The van der Waals surface area contributed by atoms with Gasteiger partial charge in [-0.15, -0.1) is 0 Å². The van der Waals surface area contributed by atoms with E-state index in [9.17, 15) is 22.8 Å². The molecule has 10 nitrogen and oxygen atoms in total. The summed E-state index contributed by atoms with van der Waals surface area (Å²) in [6.45, 7) is 3.98. The first-order valence-electron chi connectivity index (χ1n) is 10.0. The predicted molar refractivity (Wildman–Crippen MR) is 126 cm³/mol. The number of hydrogen-bond donors (Lipinski definition) is 2. The van der Waals surface area contributed by atoms with Gasteiger partial charge in [0.1, 0.15) is 5.60 Å². The van der Waals surface area contributed by atoms with Crippen molar-refractivity contribution in [3.05, 3.63) is 53.6 Å². The lowest BCUT2D eigenvalue weighted by molar-refractivity contribution is -0.134. The number of fused-ring (bicyclic) bond motifs is 1. The molecule has 0 fully saturated rings. The number of hydrazine groups is 1. The average molecular weight is 512 g/mol. The highest BCUT2D eigenvalue weighted by molar-refractivity contribution is 7.89. The largest absolute Gasteiger partial charge is 0.466 e. The molecule has 0 saturated heterocycles. The zero-order valence-corrected chi connectivity index (χ0v) is 20.7. The molecular formula is C22H26ClN3O7S. The number of rotatable bonds is 7. The fourth-order valence-corrected chi connectivity index (χ4v) is 4.27.